The predicted octanol–water partition coefficient (Wildman–Crippen LogP) is 6.20. The molecule has 49 heavy (non-hydrogen) atoms. The van der Waals surface area contributed by atoms with Crippen molar-refractivity contribution in [2.45, 2.75) is 147 Å². The number of allylic oxidation sites excluding steroid dienone is 1. The van der Waals surface area contributed by atoms with Crippen molar-refractivity contribution in [3.63, 3.8) is 0 Å². The Morgan fingerprint density at radius 2 is 1.63 bits per heavy atom. The van der Waals surface area contributed by atoms with Gasteiger partial charge in [0.1, 0.15) is 23.4 Å². The lowest BCUT2D eigenvalue weighted by atomic mass is 9.46. The number of hydrogen-bond donors (Lipinski definition) is 1. The van der Waals surface area contributed by atoms with Crippen LogP contribution < -0.4 is 0 Å². The number of ether oxygens (including phenoxy) is 4. The molecule has 2 saturated carbocycles. The van der Waals surface area contributed by atoms with Crippen LogP contribution in [0.1, 0.15) is 93.4 Å². The molecule has 0 amide bonds. The van der Waals surface area contributed by atoms with Crippen LogP contribution in [0.3, 0.4) is 0 Å². The second-order valence-electron chi connectivity index (χ2n) is 17.9. The number of rotatable bonds is 6. The summed E-state index contributed by atoms with van der Waals surface area (Å²) in [5, 5.41) is 13.3. The van der Waals surface area contributed by atoms with E-state index in [4.69, 9.17) is 27.6 Å². The highest BCUT2D eigenvalue weighted by molar-refractivity contribution is 7.86. The first-order valence-electron chi connectivity index (χ1n) is 17.5. The van der Waals surface area contributed by atoms with Crippen LogP contribution >= 0.6 is 0 Å². The van der Waals surface area contributed by atoms with E-state index in [1.165, 1.54) is 0 Å². The number of hydrogen-bond acceptors (Lipinski definition) is 10. The minimum Gasteiger partial charge on any atom is -0.414 e. The van der Waals surface area contributed by atoms with Crippen LogP contribution in [0, 0.1) is 16.7 Å². The molecule has 1 aromatic rings. The highest BCUT2D eigenvalue weighted by Crippen LogP contribution is 2.68. The molecule has 10 nitrogen and oxygen atoms in total. The summed E-state index contributed by atoms with van der Waals surface area (Å²) in [5.41, 5.74) is -2.69. The molecule has 1 spiro atoms. The van der Waals surface area contributed by atoms with Crippen LogP contribution in [-0.2, 0) is 42.5 Å². The number of carbonyl (C=O) groups excluding carboxylic acids is 1. The largest absolute Gasteiger partial charge is 0.414 e. The zero-order valence-corrected chi connectivity index (χ0v) is 33.0. The molecule has 12 heteroatoms. The van der Waals surface area contributed by atoms with Crippen molar-refractivity contribution in [2.24, 2.45) is 16.7 Å². The normalized spacial score (nSPS) is 40.3. The van der Waals surface area contributed by atoms with Crippen LogP contribution in [-0.4, -0.2) is 81.9 Å². The fourth-order valence-corrected chi connectivity index (χ4v) is 11.0. The molecule has 4 fully saturated rings. The SMILES string of the molecule is CC1=C2[C@H]3OC(C)(C)O[C@@H]3[C@]3(C)CC[C@H](OS(C)(=O)=O)[C@@](O)(CO[Si](C)(C)C(C)(C)C)[C@H]3[C@@H]3OC(c4ccccc4)O[C@@]3(CC1=O)C2(C)C. The summed E-state index contributed by atoms with van der Waals surface area (Å²) in [6, 6.07) is 9.58. The van der Waals surface area contributed by atoms with E-state index in [1.807, 2.05) is 51.1 Å². The molecule has 5 aliphatic rings. The Bertz CT molecular complexity index is 1630. The van der Waals surface area contributed by atoms with Crippen LogP contribution in [0.5, 0.6) is 0 Å². The third-order valence-corrected chi connectivity index (χ3v) is 18.0. The van der Waals surface area contributed by atoms with Gasteiger partial charge in [0.05, 0.1) is 25.1 Å². The Balaban J connectivity index is 1.64. The lowest BCUT2D eigenvalue weighted by Crippen LogP contribution is -2.75. The number of Topliss-reactive ketones (excluding diaryl/α,β-unsaturated/α-hetero) is 1. The summed E-state index contributed by atoms with van der Waals surface area (Å²) in [6.45, 7) is 22.1. The van der Waals surface area contributed by atoms with Gasteiger partial charge in [-0.05, 0) is 62.9 Å². The van der Waals surface area contributed by atoms with E-state index < -0.39 is 82.9 Å². The topological polar surface area (TPSA) is 127 Å². The first-order chi connectivity index (χ1) is 22.3. The Kier molecular flexibility index (Phi) is 8.75. The molecule has 274 valence electrons. The van der Waals surface area contributed by atoms with Gasteiger partial charge in [-0.3, -0.25) is 8.98 Å². The van der Waals surface area contributed by atoms with Crippen LogP contribution in [0.25, 0.3) is 0 Å². The summed E-state index contributed by atoms with van der Waals surface area (Å²) in [5.74, 6) is -1.98. The highest BCUT2D eigenvalue weighted by Gasteiger charge is 2.76. The quantitative estimate of drug-likeness (QED) is 0.268. The fourth-order valence-electron chi connectivity index (χ4n) is 9.32. The number of benzene rings is 1. The highest BCUT2D eigenvalue weighted by atomic mass is 32.2. The maximum atomic E-state index is 14.2. The van der Waals surface area contributed by atoms with E-state index in [0.717, 1.165) is 17.4 Å². The van der Waals surface area contributed by atoms with Gasteiger partial charge in [-0.15, -0.1) is 0 Å². The third kappa shape index (κ3) is 5.76. The molecule has 1 unspecified atom stereocenters. The summed E-state index contributed by atoms with van der Waals surface area (Å²) >= 11 is 0. The van der Waals surface area contributed by atoms with E-state index in [-0.39, 0.29) is 30.3 Å². The molecule has 2 aliphatic heterocycles. The Labute approximate surface area is 293 Å². The summed E-state index contributed by atoms with van der Waals surface area (Å²) in [6.07, 6.45) is -2.54. The monoisotopic (exact) mass is 720 g/mol. The molecule has 1 N–H and O–H groups in total. The summed E-state index contributed by atoms with van der Waals surface area (Å²) in [4.78, 5) is 14.2. The van der Waals surface area contributed by atoms with Crippen molar-refractivity contribution >= 4 is 24.2 Å². The van der Waals surface area contributed by atoms with Gasteiger partial charge in [-0.2, -0.15) is 8.42 Å². The Morgan fingerprint density at radius 3 is 2.22 bits per heavy atom. The molecule has 6 rings (SSSR count). The fraction of sp³-hybridized carbons (Fsp3) is 0.757. The molecule has 2 saturated heterocycles. The number of aliphatic hydroxyl groups is 1. The lowest BCUT2D eigenvalue weighted by Gasteiger charge is -2.64. The van der Waals surface area contributed by atoms with Gasteiger partial charge in [-0.25, -0.2) is 0 Å². The standard InChI is InChI=1S/C37H56O10SSi/c1-22-24(38)20-37-30(43-31(46-37)23-16-14-13-15-17-23)28-35(9,29-27(26(22)33(37,5)6)44-34(7,8)45-29)19-18-25(47-48(10,40)41)36(28,39)21-42-49(11,12)32(2,3)4/h13-17,25,27-31,39H,18-21H2,1-12H3/t25-,27+,28-,29-,30-,31?,35+,36-,37+/m0/s1. The van der Waals surface area contributed by atoms with Crippen LogP contribution in [0.15, 0.2) is 41.5 Å². The first kappa shape index (κ1) is 37.3. The molecular weight excluding hydrogens is 665 g/mol. The van der Waals surface area contributed by atoms with E-state index in [2.05, 4.69) is 54.6 Å². The van der Waals surface area contributed by atoms with Crippen molar-refractivity contribution in [3.05, 3.63) is 47.0 Å². The minimum atomic E-state index is -4.01. The van der Waals surface area contributed by atoms with Gasteiger partial charge in [-0.1, -0.05) is 71.9 Å². The second-order valence-corrected chi connectivity index (χ2v) is 24.3. The van der Waals surface area contributed by atoms with Gasteiger partial charge in [0, 0.05) is 28.7 Å². The predicted molar refractivity (Wildman–Crippen MR) is 186 cm³/mol. The van der Waals surface area contributed by atoms with Gasteiger partial charge in [0.2, 0.25) is 0 Å². The third-order valence-electron chi connectivity index (χ3n) is 12.9. The van der Waals surface area contributed by atoms with Gasteiger partial charge >= 0.3 is 0 Å². The van der Waals surface area contributed by atoms with Crippen molar-refractivity contribution in [1.29, 1.82) is 0 Å². The van der Waals surface area contributed by atoms with Gasteiger partial charge in [0.25, 0.3) is 10.1 Å². The molecule has 2 bridgehead atoms. The minimum absolute atomic E-state index is 0.00826. The summed E-state index contributed by atoms with van der Waals surface area (Å²) < 4.78 is 66.2. The number of fused-ring (bicyclic) bond motifs is 6. The molecule has 9 atom stereocenters. The van der Waals surface area contributed by atoms with Gasteiger partial charge in [0.15, 0.2) is 26.2 Å². The Morgan fingerprint density at radius 1 is 1.00 bits per heavy atom. The van der Waals surface area contributed by atoms with E-state index in [9.17, 15) is 18.3 Å². The van der Waals surface area contributed by atoms with E-state index in [0.29, 0.717) is 12.0 Å². The smallest absolute Gasteiger partial charge is 0.264 e. The lowest BCUT2D eigenvalue weighted by molar-refractivity contribution is -0.259. The maximum absolute atomic E-state index is 14.2. The number of carbonyl (C=O) groups is 1. The van der Waals surface area contributed by atoms with Crippen molar-refractivity contribution in [2.75, 3.05) is 12.9 Å². The zero-order chi connectivity index (χ0) is 36.4. The van der Waals surface area contributed by atoms with Crippen molar-refractivity contribution in [1.82, 2.24) is 0 Å². The average molecular weight is 721 g/mol. The van der Waals surface area contributed by atoms with Crippen molar-refractivity contribution in [3.8, 4) is 0 Å². The molecular formula is C37H56O10SSi. The molecule has 3 aliphatic carbocycles. The molecule has 0 aromatic heterocycles. The molecule has 0 radical (unpaired) electrons. The maximum Gasteiger partial charge on any atom is 0.264 e. The summed E-state index contributed by atoms with van der Waals surface area (Å²) in [7, 11) is -6.52. The second kappa shape index (κ2) is 11.5. The Hall–Kier alpha value is -1.48. The van der Waals surface area contributed by atoms with Crippen molar-refractivity contribution < 1.29 is 45.9 Å². The van der Waals surface area contributed by atoms with E-state index in [1.54, 1.807) is 0 Å². The van der Waals surface area contributed by atoms with Crippen LogP contribution in [0.2, 0.25) is 18.1 Å². The van der Waals surface area contributed by atoms with E-state index >= 15 is 0 Å². The molecule has 2 heterocycles. The first-order valence-corrected chi connectivity index (χ1v) is 22.3. The molecule has 1 aromatic carbocycles. The zero-order valence-electron chi connectivity index (χ0n) is 31.2. The average Bonchev–Trinajstić information content (AvgIpc) is 3.50. The van der Waals surface area contributed by atoms with Crippen LogP contribution in [0.4, 0.5) is 0 Å². The number of ketones is 1. The van der Waals surface area contributed by atoms with Gasteiger partial charge < -0.3 is 28.5 Å².